The van der Waals surface area contributed by atoms with E-state index in [2.05, 4.69) is 31.2 Å². The Morgan fingerprint density at radius 1 is 1.03 bits per heavy atom. The predicted molar refractivity (Wildman–Crippen MR) is 151 cm³/mol. The molecule has 0 bridgehead atoms. The SMILES string of the molecule is CCCC(=O)N1CCC(O)CC1c1ccc(OC(C)CCCc2ccccc2)cc1OCc1ccccc1. The summed E-state index contributed by atoms with van der Waals surface area (Å²) in [6.07, 6.45) is 5.08. The molecule has 3 unspecified atom stereocenters. The lowest BCUT2D eigenvalue weighted by Gasteiger charge is -2.39. The molecule has 1 aliphatic rings. The Labute approximate surface area is 227 Å². The van der Waals surface area contributed by atoms with Crippen LogP contribution in [0.5, 0.6) is 11.5 Å². The molecule has 1 saturated heterocycles. The molecule has 0 saturated carbocycles. The molecule has 3 atom stereocenters. The number of likely N-dealkylation sites (tertiary alicyclic amines) is 1. The summed E-state index contributed by atoms with van der Waals surface area (Å²) in [5, 5.41) is 10.5. The van der Waals surface area contributed by atoms with Crippen molar-refractivity contribution in [1.82, 2.24) is 4.90 Å². The van der Waals surface area contributed by atoms with Crippen molar-refractivity contribution >= 4 is 5.91 Å². The van der Waals surface area contributed by atoms with Gasteiger partial charge in [-0.05, 0) is 68.7 Å². The van der Waals surface area contributed by atoms with Gasteiger partial charge in [-0.1, -0.05) is 67.6 Å². The molecule has 1 fully saturated rings. The second-order valence-electron chi connectivity index (χ2n) is 10.3. The number of hydrogen-bond acceptors (Lipinski definition) is 4. The average molecular weight is 516 g/mol. The van der Waals surface area contributed by atoms with Crippen LogP contribution in [-0.4, -0.2) is 34.7 Å². The van der Waals surface area contributed by atoms with Gasteiger partial charge in [0.1, 0.15) is 18.1 Å². The minimum Gasteiger partial charge on any atom is -0.491 e. The maximum atomic E-state index is 13.0. The number of amides is 1. The topological polar surface area (TPSA) is 59.0 Å². The van der Waals surface area contributed by atoms with E-state index in [0.29, 0.717) is 38.2 Å². The van der Waals surface area contributed by atoms with E-state index in [1.165, 1.54) is 5.56 Å². The molecule has 0 aromatic heterocycles. The first kappa shape index (κ1) is 27.7. The zero-order valence-corrected chi connectivity index (χ0v) is 22.7. The first-order valence-corrected chi connectivity index (χ1v) is 14.0. The third-order valence-electron chi connectivity index (χ3n) is 7.20. The number of carbonyl (C=O) groups is 1. The first-order chi connectivity index (χ1) is 18.5. The summed E-state index contributed by atoms with van der Waals surface area (Å²) in [5.41, 5.74) is 3.34. The van der Waals surface area contributed by atoms with Crippen LogP contribution in [0.4, 0.5) is 0 Å². The van der Waals surface area contributed by atoms with E-state index in [-0.39, 0.29) is 18.1 Å². The summed E-state index contributed by atoms with van der Waals surface area (Å²) in [6, 6.07) is 26.3. The fourth-order valence-electron chi connectivity index (χ4n) is 5.15. The minimum absolute atomic E-state index is 0.0608. The predicted octanol–water partition coefficient (Wildman–Crippen LogP) is 6.88. The average Bonchev–Trinajstić information content (AvgIpc) is 2.93. The highest BCUT2D eigenvalue weighted by molar-refractivity contribution is 5.77. The van der Waals surface area contributed by atoms with Crippen LogP contribution < -0.4 is 9.47 Å². The van der Waals surface area contributed by atoms with Crippen molar-refractivity contribution in [3.63, 3.8) is 0 Å². The number of nitrogens with zero attached hydrogens (tertiary/aromatic N) is 1. The van der Waals surface area contributed by atoms with Crippen LogP contribution in [0.1, 0.15) is 75.1 Å². The van der Waals surface area contributed by atoms with E-state index in [1.807, 2.05) is 66.4 Å². The van der Waals surface area contributed by atoms with Gasteiger partial charge in [-0.15, -0.1) is 0 Å². The lowest BCUT2D eigenvalue weighted by Crippen LogP contribution is -2.42. The Morgan fingerprint density at radius 3 is 2.45 bits per heavy atom. The number of hydrogen-bond donors (Lipinski definition) is 1. The summed E-state index contributed by atoms with van der Waals surface area (Å²) in [4.78, 5) is 14.9. The molecule has 202 valence electrons. The highest BCUT2D eigenvalue weighted by Crippen LogP contribution is 2.39. The fraction of sp³-hybridized carbons (Fsp3) is 0.424. The van der Waals surface area contributed by atoms with Gasteiger partial charge in [0.05, 0.1) is 18.2 Å². The molecule has 0 radical (unpaired) electrons. The second kappa shape index (κ2) is 14.0. The number of benzene rings is 3. The Morgan fingerprint density at radius 2 is 1.74 bits per heavy atom. The van der Waals surface area contributed by atoms with E-state index < -0.39 is 6.10 Å². The van der Waals surface area contributed by atoms with Crippen molar-refractivity contribution in [2.75, 3.05) is 6.54 Å². The van der Waals surface area contributed by atoms with Gasteiger partial charge in [-0.2, -0.15) is 0 Å². The molecule has 4 rings (SSSR count). The molecule has 3 aromatic carbocycles. The smallest absolute Gasteiger partial charge is 0.223 e. The highest BCUT2D eigenvalue weighted by atomic mass is 16.5. The zero-order chi connectivity index (χ0) is 26.7. The van der Waals surface area contributed by atoms with Crippen molar-refractivity contribution in [2.24, 2.45) is 0 Å². The molecule has 5 nitrogen and oxygen atoms in total. The lowest BCUT2D eigenvalue weighted by atomic mass is 9.92. The van der Waals surface area contributed by atoms with Crippen molar-refractivity contribution < 1.29 is 19.4 Å². The Hall–Kier alpha value is -3.31. The molecule has 0 spiro atoms. The van der Waals surface area contributed by atoms with Crippen molar-refractivity contribution in [2.45, 2.75) is 83.6 Å². The van der Waals surface area contributed by atoms with Gasteiger partial charge < -0.3 is 19.5 Å². The fourth-order valence-corrected chi connectivity index (χ4v) is 5.15. The van der Waals surface area contributed by atoms with E-state index in [4.69, 9.17) is 9.47 Å². The number of ether oxygens (including phenoxy) is 2. The number of piperidine rings is 1. The van der Waals surface area contributed by atoms with Gasteiger partial charge in [-0.3, -0.25) is 4.79 Å². The molecule has 1 aliphatic heterocycles. The Kier molecular flexibility index (Phi) is 10.2. The molecule has 38 heavy (non-hydrogen) atoms. The molecule has 0 aliphatic carbocycles. The molecule has 5 heteroatoms. The largest absolute Gasteiger partial charge is 0.491 e. The summed E-state index contributed by atoms with van der Waals surface area (Å²) < 4.78 is 12.7. The van der Waals surface area contributed by atoms with Gasteiger partial charge in [0.2, 0.25) is 5.91 Å². The van der Waals surface area contributed by atoms with Crippen LogP contribution >= 0.6 is 0 Å². The van der Waals surface area contributed by atoms with Crippen molar-refractivity contribution in [3.05, 3.63) is 95.6 Å². The molecular weight excluding hydrogens is 474 g/mol. The van der Waals surface area contributed by atoms with Crippen LogP contribution in [0.3, 0.4) is 0 Å². The van der Waals surface area contributed by atoms with E-state index in [0.717, 1.165) is 42.6 Å². The van der Waals surface area contributed by atoms with Gasteiger partial charge >= 0.3 is 0 Å². The maximum Gasteiger partial charge on any atom is 0.223 e. The Bertz CT molecular complexity index is 1130. The third-order valence-corrected chi connectivity index (χ3v) is 7.20. The normalized spacial score (nSPS) is 18.1. The number of aryl methyl sites for hydroxylation is 1. The number of rotatable bonds is 12. The van der Waals surface area contributed by atoms with E-state index in [9.17, 15) is 9.90 Å². The molecule has 1 amide bonds. The quantitative estimate of drug-likeness (QED) is 0.286. The second-order valence-corrected chi connectivity index (χ2v) is 10.3. The monoisotopic (exact) mass is 515 g/mol. The summed E-state index contributed by atoms with van der Waals surface area (Å²) >= 11 is 0. The number of aliphatic hydroxyl groups is 1. The summed E-state index contributed by atoms with van der Waals surface area (Å²) in [5.74, 6) is 1.59. The van der Waals surface area contributed by atoms with Crippen LogP contribution in [0.25, 0.3) is 0 Å². The lowest BCUT2D eigenvalue weighted by molar-refractivity contribution is -0.136. The van der Waals surface area contributed by atoms with Crippen molar-refractivity contribution in [3.8, 4) is 11.5 Å². The highest BCUT2D eigenvalue weighted by Gasteiger charge is 2.33. The van der Waals surface area contributed by atoms with Gasteiger partial charge in [-0.25, -0.2) is 0 Å². The molecular formula is C33H41NO4. The van der Waals surface area contributed by atoms with E-state index >= 15 is 0 Å². The van der Waals surface area contributed by atoms with Crippen LogP contribution in [0, 0.1) is 0 Å². The Balaban J connectivity index is 1.51. The van der Waals surface area contributed by atoms with Crippen molar-refractivity contribution in [1.29, 1.82) is 0 Å². The van der Waals surface area contributed by atoms with Crippen LogP contribution in [-0.2, 0) is 17.8 Å². The molecule has 1 heterocycles. The van der Waals surface area contributed by atoms with Gasteiger partial charge in [0.15, 0.2) is 0 Å². The number of carbonyl (C=O) groups excluding carboxylic acids is 1. The summed E-state index contributed by atoms with van der Waals surface area (Å²) in [7, 11) is 0. The summed E-state index contributed by atoms with van der Waals surface area (Å²) in [6.45, 7) is 5.10. The maximum absolute atomic E-state index is 13.0. The third kappa shape index (κ3) is 7.84. The standard InChI is InChI=1S/C33H41NO4/c1-3-11-33(36)34-21-20-28(35)22-31(34)30-19-18-29(23-32(30)37-24-27-15-8-5-9-16-27)38-25(2)12-10-17-26-13-6-4-7-14-26/h4-9,13-16,18-19,23,25,28,31,35H,3,10-12,17,20-22,24H2,1-2H3. The zero-order valence-electron chi connectivity index (χ0n) is 22.7. The molecule has 3 aromatic rings. The minimum atomic E-state index is -0.437. The molecule has 1 N–H and O–H groups in total. The van der Waals surface area contributed by atoms with Crippen LogP contribution in [0.15, 0.2) is 78.9 Å². The van der Waals surface area contributed by atoms with Gasteiger partial charge in [0.25, 0.3) is 0 Å². The van der Waals surface area contributed by atoms with Gasteiger partial charge in [0, 0.05) is 24.6 Å². The van der Waals surface area contributed by atoms with Crippen LogP contribution in [0.2, 0.25) is 0 Å². The van der Waals surface area contributed by atoms with E-state index in [1.54, 1.807) is 0 Å². The number of aliphatic hydroxyl groups excluding tert-OH is 1. The first-order valence-electron chi connectivity index (χ1n) is 14.0.